The van der Waals surface area contributed by atoms with Crippen LogP contribution in [0.3, 0.4) is 0 Å². The zero-order valence-corrected chi connectivity index (χ0v) is 19.7. The fourth-order valence-electron chi connectivity index (χ4n) is 3.78. The van der Waals surface area contributed by atoms with Crippen LogP contribution in [0.5, 0.6) is 5.75 Å². The second-order valence-electron chi connectivity index (χ2n) is 7.38. The first kappa shape index (κ1) is 22.1. The molecule has 0 fully saturated rings. The topological polar surface area (TPSA) is 67.2 Å². The van der Waals surface area contributed by atoms with Gasteiger partial charge in [0, 0.05) is 5.56 Å². The number of hydrogen-bond acceptors (Lipinski definition) is 4. The Morgan fingerprint density at radius 3 is 2.41 bits per heavy atom. The molecular weight excluding hydrogens is 411 g/mol. The van der Waals surface area contributed by atoms with Crippen LogP contribution in [0.25, 0.3) is 33.2 Å². The van der Waals surface area contributed by atoms with E-state index in [2.05, 4.69) is 4.98 Å². The maximum atomic E-state index is 11.3. The number of carboxylic acids is 1. The molecule has 1 aromatic heterocycles. The summed E-state index contributed by atoms with van der Waals surface area (Å²) in [6, 6.07) is 29.5. The van der Waals surface area contributed by atoms with Crippen molar-refractivity contribution in [1.82, 2.24) is 9.55 Å². The van der Waals surface area contributed by atoms with Crippen LogP contribution in [0.15, 0.2) is 91.0 Å². The molecule has 0 amide bonds. The fraction of sp³-hybridized carbons (Fsp3) is 0.0769. The van der Waals surface area contributed by atoms with Crippen LogP contribution < -0.4 is 39.4 Å². The van der Waals surface area contributed by atoms with Crippen LogP contribution in [-0.4, -0.2) is 15.5 Å². The number of aliphatic carboxylic acids is 1. The Balaban J connectivity index is 0.00000245. The van der Waals surface area contributed by atoms with Gasteiger partial charge >= 0.3 is 29.6 Å². The molecule has 5 aromatic rings. The maximum absolute atomic E-state index is 11.3. The number of ether oxygens (including phenoxy) is 1. The molecule has 152 valence electrons. The Bertz CT molecular complexity index is 1400. The van der Waals surface area contributed by atoms with Crippen molar-refractivity contribution < 1.29 is 44.2 Å². The van der Waals surface area contributed by atoms with Crippen molar-refractivity contribution in [3.8, 4) is 17.1 Å². The zero-order chi connectivity index (χ0) is 21.2. The van der Waals surface area contributed by atoms with Crippen molar-refractivity contribution in [3.05, 3.63) is 96.6 Å². The van der Waals surface area contributed by atoms with Gasteiger partial charge in [0.1, 0.15) is 18.2 Å². The van der Waals surface area contributed by atoms with Gasteiger partial charge in [-0.05, 0) is 46.7 Å². The van der Waals surface area contributed by atoms with Crippen molar-refractivity contribution in [1.29, 1.82) is 0 Å². The number of para-hydroxylation sites is 2. The van der Waals surface area contributed by atoms with Gasteiger partial charge in [0.25, 0.3) is 0 Å². The summed E-state index contributed by atoms with van der Waals surface area (Å²) in [6.07, 6.45) is 0. The second-order valence-corrected chi connectivity index (χ2v) is 7.38. The zero-order valence-electron chi connectivity index (χ0n) is 17.7. The Morgan fingerprint density at radius 1 is 0.875 bits per heavy atom. The van der Waals surface area contributed by atoms with Crippen molar-refractivity contribution in [2.24, 2.45) is 0 Å². The van der Waals surface area contributed by atoms with Crippen LogP contribution in [0, 0.1) is 0 Å². The quantitative estimate of drug-likeness (QED) is 0.380. The molecule has 32 heavy (non-hydrogen) atoms. The second kappa shape index (κ2) is 9.57. The number of carbonyl (C=O) groups is 1. The van der Waals surface area contributed by atoms with Gasteiger partial charge in [-0.1, -0.05) is 60.7 Å². The monoisotopic (exact) mass is 430 g/mol. The van der Waals surface area contributed by atoms with Gasteiger partial charge in [-0.2, -0.15) is 0 Å². The van der Waals surface area contributed by atoms with Crippen LogP contribution in [0.1, 0.15) is 5.56 Å². The molecule has 0 aliphatic carbocycles. The number of nitrogens with zero attached hydrogens (tertiary/aromatic N) is 2. The Morgan fingerprint density at radius 2 is 1.59 bits per heavy atom. The maximum Gasteiger partial charge on any atom is 1.00 e. The summed E-state index contributed by atoms with van der Waals surface area (Å²) in [4.78, 5) is 16.0. The molecule has 0 atom stereocenters. The molecule has 4 aromatic carbocycles. The molecule has 0 bridgehead atoms. The molecule has 1 heterocycles. The number of benzene rings is 4. The van der Waals surface area contributed by atoms with Crippen molar-refractivity contribution >= 4 is 27.8 Å². The van der Waals surface area contributed by atoms with Gasteiger partial charge < -0.3 is 19.2 Å². The van der Waals surface area contributed by atoms with E-state index in [0.29, 0.717) is 12.4 Å². The number of carbonyl (C=O) groups excluding carboxylic acids is 1. The Hall–Kier alpha value is -3.12. The number of hydrogen-bond donors (Lipinski definition) is 0. The van der Waals surface area contributed by atoms with Gasteiger partial charge in [-0.25, -0.2) is 4.98 Å². The van der Waals surface area contributed by atoms with E-state index in [9.17, 15) is 9.90 Å². The van der Waals surface area contributed by atoms with E-state index in [0.717, 1.165) is 38.7 Å². The minimum Gasteiger partial charge on any atom is -0.548 e. The van der Waals surface area contributed by atoms with E-state index in [-0.39, 0.29) is 36.1 Å². The average Bonchev–Trinajstić information content (AvgIpc) is 3.16. The van der Waals surface area contributed by atoms with E-state index < -0.39 is 5.97 Å². The standard InChI is InChI=1S/C26H20N2O3.Na/c29-25(30)16-28-24-9-5-4-8-23(24)27-26(28)21-11-10-20-15-22(13-12-19(20)14-21)31-17-18-6-2-1-3-7-18;/h1-15H,16-17H2,(H,29,30);/q;+1/p-1. The molecule has 0 radical (unpaired) electrons. The van der Waals surface area contributed by atoms with E-state index in [1.165, 1.54) is 0 Å². The SMILES string of the molecule is O=C([O-])Cn1c(-c2ccc3cc(OCc4ccccc4)ccc3c2)nc2ccccc21.[Na+]. The summed E-state index contributed by atoms with van der Waals surface area (Å²) in [5, 5.41) is 13.4. The molecule has 0 N–H and O–H groups in total. The van der Waals surface area contributed by atoms with Crippen molar-refractivity contribution in [2.75, 3.05) is 0 Å². The van der Waals surface area contributed by atoms with Gasteiger partial charge in [-0.15, -0.1) is 0 Å². The number of imidazole rings is 1. The minimum absolute atomic E-state index is 0. The van der Waals surface area contributed by atoms with Gasteiger partial charge in [0.2, 0.25) is 0 Å². The summed E-state index contributed by atoms with van der Waals surface area (Å²) in [7, 11) is 0. The molecule has 0 saturated heterocycles. The largest absolute Gasteiger partial charge is 1.00 e. The predicted octanol–water partition coefficient (Wildman–Crippen LogP) is 1.19. The molecule has 5 rings (SSSR count). The van der Waals surface area contributed by atoms with Gasteiger partial charge in [-0.3, -0.25) is 0 Å². The molecule has 0 aliphatic heterocycles. The van der Waals surface area contributed by atoms with Crippen LogP contribution in [-0.2, 0) is 17.9 Å². The van der Waals surface area contributed by atoms with E-state index in [4.69, 9.17) is 4.74 Å². The summed E-state index contributed by atoms with van der Waals surface area (Å²) >= 11 is 0. The van der Waals surface area contributed by atoms with Gasteiger partial charge in [0.05, 0.1) is 23.5 Å². The normalized spacial score (nSPS) is 10.8. The molecule has 5 nitrogen and oxygen atoms in total. The first-order valence-corrected chi connectivity index (χ1v) is 10.0. The van der Waals surface area contributed by atoms with Crippen LogP contribution >= 0.6 is 0 Å². The number of rotatable bonds is 6. The van der Waals surface area contributed by atoms with Crippen LogP contribution in [0.4, 0.5) is 0 Å². The molecule has 0 aliphatic rings. The summed E-state index contributed by atoms with van der Waals surface area (Å²) in [6.45, 7) is 0.262. The van der Waals surface area contributed by atoms with E-state index in [1.54, 1.807) is 4.57 Å². The Kier molecular flexibility index (Phi) is 6.61. The molecule has 0 spiro atoms. The smallest absolute Gasteiger partial charge is 0.548 e. The number of fused-ring (bicyclic) bond motifs is 2. The summed E-state index contributed by atoms with van der Waals surface area (Å²) in [5.74, 6) is 0.260. The van der Waals surface area contributed by atoms with Gasteiger partial charge in [0.15, 0.2) is 0 Å². The molecule has 0 saturated carbocycles. The van der Waals surface area contributed by atoms with E-state index >= 15 is 0 Å². The molecule has 6 heteroatoms. The number of aromatic nitrogens is 2. The summed E-state index contributed by atoms with van der Waals surface area (Å²) in [5.41, 5.74) is 3.49. The first-order chi connectivity index (χ1) is 15.2. The third kappa shape index (κ3) is 4.55. The number of carboxylic acid groups (broad SMARTS) is 1. The predicted molar refractivity (Wildman–Crippen MR) is 118 cm³/mol. The summed E-state index contributed by atoms with van der Waals surface area (Å²) < 4.78 is 7.61. The third-order valence-electron chi connectivity index (χ3n) is 5.26. The minimum atomic E-state index is -1.15. The first-order valence-electron chi connectivity index (χ1n) is 10.0. The Labute approximate surface area is 207 Å². The van der Waals surface area contributed by atoms with Crippen molar-refractivity contribution in [2.45, 2.75) is 13.2 Å². The molecular formula is C26H19N2NaO3. The van der Waals surface area contributed by atoms with Crippen LogP contribution in [0.2, 0.25) is 0 Å². The fourth-order valence-corrected chi connectivity index (χ4v) is 3.78. The average molecular weight is 430 g/mol. The van der Waals surface area contributed by atoms with Crippen molar-refractivity contribution in [3.63, 3.8) is 0 Å². The molecule has 0 unspecified atom stereocenters. The van der Waals surface area contributed by atoms with E-state index in [1.807, 2.05) is 91.0 Å². The third-order valence-corrected chi connectivity index (χ3v) is 5.26.